The fourth-order valence-corrected chi connectivity index (χ4v) is 1.48. The molecule has 1 aromatic carbocycles. The Hall–Kier alpha value is -1.08. The van der Waals surface area contributed by atoms with Crippen molar-refractivity contribution in [1.29, 1.82) is 0 Å². The summed E-state index contributed by atoms with van der Waals surface area (Å²) in [6.07, 6.45) is 2.85. The Morgan fingerprint density at radius 1 is 1.38 bits per heavy atom. The van der Waals surface area contributed by atoms with Crippen molar-refractivity contribution in [1.82, 2.24) is 0 Å². The largest absolute Gasteiger partial charge is 0.330 e. The molecule has 0 aliphatic heterocycles. The fraction of sp³-hybridized carbons (Fsp3) is 0.333. The molecule has 0 bridgehead atoms. The molecule has 70 valence electrons. The molecule has 0 unspecified atom stereocenters. The van der Waals surface area contributed by atoms with E-state index in [2.05, 4.69) is 25.6 Å². The summed E-state index contributed by atoms with van der Waals surface area (Å²) in [6.45, 7) is 6.59. The molecule has 0 amide bonds. The number of allylic oxidation sites excluding steroid dienone is 1. The molecule has 0 fully saturated rings. The molecule has 0 aromatic heterocycles. The van der Waals surface area contributed by atoms with Gasteiger partial charge in [0.05, 0.1) is 0 Å². The van der Waals surface area contributed by atoms with E-state index in [0.717, 1.165) is 6.42 Å². The third-order valence-electron chi connectivity index (χ3n) is 2.52. The van der Waals surface area contributed by atoms with Gasteiger partial charge in [-0.1, -0.05) is 43.3 Å². The first-order valence-corrected chi connectivity index (χ1v) is 4.59. The van der Waals surface area contributed by atoms with Gasteiger partial charge in [0.1, 0.15) is 0 Å². The Morgan fingerprint density at radius 2 is 2.00 bits per heavy atom. The number of benzene rings is 1. The van der Waals surface area contributed by atoms with Crippen LogP contribution in [0.4, 0.5) is 0 Å². The number of hydrogen-bond donors (Lipinski definition) is 1. The van der Waals surface area contributed by atoms with Gasteiger partial charge in [0.25, 0.3) is 0 Å². The number of rotatable bonds is 4. The van der Waals surface area contributed by atoms with Crippen LogP contribution in [0.25, 0.3) is 0 Å². The summed E-state index contributed by atoms with van der Waals surface area (Å²) in [7, 11) is 0. The van der Waals surface area contributed by atoms with Crippen LogP contribution in [0.2, 0.25) is 0 Å². The first-order valence-electron chi connectivity index (χ1n) is 4.59. The molecule has 0 aliphatic rings. The molecule has 2 N–H and O–H groups in total. The van der Waals surface area contributed by atoms with Crippen LogP contribution in [0.3, 0.4) is 0 Å². The summed E-state index contributed by atoms with van der Waals surface area (Å²) in [5.74, 6) is 0. The maximum absolute atomic E-state index is 5.78. The standard InChI is InChI=1S/C12H17N/c1-3-9-12(2,10-13)11-7-5-4-6-8-11/h3-8H,1,9-10,13H2,2H3/t12-/m0/s1. The second-order valence-electron chi connectivity index (χ2n) is 3.62. The monoisotopic (exact) mass is 175 g/mol. The van der Waals surface area contributed by atoms with Crippen LogP contribution in [0, 0.1) is 0 Å². The van der Waals surface area contributed by atoms with Crippen LogP contribution >= 0.6 is 0 Å². The quantitative estimate of drug-likeness (QED) is 0.699. The van der Waals surface area contributed by atoms with Gasteiger partial charge in [-0.3, -0.25) is 0 Å². The Morgan fingerprint density at radius 3 is 2.46 bits per heavy atom. The fourth-order valence-electron chi connectivity index (χ4n) is 1.48. The molecule has 1 atom stereocenters. The zero-order valence-electron chi connectivity index (χ0n) is 8.16. The normalized spacial score (nSPS) is 14.9. The van der Waals surface area contributed by atoms with Crippen LogP contribution < -0.4 is 5.73 Å². The molecule has 0 heterocycles. The summed E-state index contributed by atoms with van der Waals surface area (Å²) >= 11 is 0. The first kappa shape index (κ1) is 10.0. The molecule has 1 aromatic rings. The third-order valence-corrected chi connectivity index (χ3v) is 2.52. The van der Waals surface area contributed by atoms with Crippen LogP contribution in [-0.2, 0) is 5.41 Å². The van der Waals surface area contributed by atoms with Crippen molar-refractivity contribution in [2.75, 3.05) is 6.54 Å². The average Bonchev–Trinajstić information content (AvgIpc) is 2.19. The summed E-state index contributed by atoms with van der Waals surface area (Å²) < 4.78 is 0. The van der Waals surface area contributed by atoms with Crippen LogP contribution in [0.1, 0.15) is 18.9 Å². The zero-order chi connectivity index (χ0) is 9.73. The van der Waals surface area contributed by atoms with E-state index in [4.69, 9.17) is 5.73 Å². The van der Waals surface area contributed by atoms with Gasteiger partial charge in [-0.25, -0.2) is 0 Å². The molecule has 0 saturated carbocycles. The minimum absolute atomic E-state index is 0.0447. The lowest BCUT2D eigenvalue weighted by Crippen LogP contribution is -2.31. The highest BCUT2D eigenvalue weighted by Gasteiger charge is 2.22. The van der Waals surface area contributed by atoms with Crippen molar-refractivity contribution < 1.29 is 0 Å². The van der Waals surface area contributed by atoms with Crippen LogP contribution in [0.5, 0.6) is 0 Å². The van der Waals surface area contributed by atoms with Crippen molar-refractivity contribution in [2.45, 2.75) is 18.8 Å². The molecule has 0 saturated heterocycles. The molecule has 0 aliphatic carbocycles. The second kappa shape index (κ2) is 4.24. The average molecular weight is 175 g/mol. The van der Waals surface area contributed by atoms with Crippen molar-refractivity contribution in [3.05, 3.63) is 48.6 Å². The van der Waals surface area contributed by atoms with Gasteiger partial charge in [-0.05, 0) is 12.0 Å². The van der Waals surface area contributed by atoms with E-state index in [-0.39, 0.29) is 5.41 Å². The van der Waals surface area contributed by atoms with Crippen LogP contribution in [0.15, 0.2) is 43.0 Å². The van der Waals surface area contributed by atoms with E-state index in [9.17, 15) is 0 Å². The predicted octanol–water partition coefficient (Wildman–Crippen LogP) is 2.48. The topological polar surface area (TPSA) is 26.0 Å². The molecule has 13 heavy (non-hydrogen) atoms. The highest BCUT2D eigenvalue weighted by Crippen LogP contribution is 2.26. The highest BCUT2D eigenvalue weighted by molar-refractivity contribution is 5.25. The van der Waals surface area contributed by atoms with Crippen molar-refractivity contribution in [3.63, 3.8) is 0 Å². The van der Waals surface area contributed by atoms with Gasteiger partial charge in [-0.2, -0.15) is 0 Å². The van der Waals surface area contributed by atoms with Gasteiger partial charge < -0.3 is 5.73 Å². The van der Waals surface area contributed by atoms with E-state index in [1.165, 1.54) is 5.56 Å². The molecule has 1 rings (SSSR count). The van der Waals surface area contributed by atoms with Crippen LogP contribution in [-0.4, -0.2) is 6.54 Å². The molecular weight excluding hydrogens is 158 g/mol. The van der Waals surface area contributed by atoms with Crippen molar-refractivity contribution in [2.24, 2.45) is 5.73 Å². The van der Waals surface area contributed by atoms with E-state index < -0.39 is 0 Å². The van der Waals surface area contributed by atoms with E-state index >= 15 is 0 Å². The van der Waals surface area contributed by atoms with E-state index in [1.54, 1.807) is 0 Å². The highest BCUT2D eigenvalue weighted by atomic mass is 14.6. The Kier molecular flexibility index (Phi) is 3.26. The summed E-state index contributed by atoms with van der Waals surface area (Å²) in [5, 5.41) is 0. The van der Waals surface area contributed by atoms with Gasteiger partial charge >= 0.3 is 0 Å². The molecule has 0 spiro atoms. The number of nitrogens with two attached hydrogens (primary N) is 1. The van der Waals surface area contributed by atoms with E-state index in [1.807, 2.05) is 24.3 Å². The maximum Gasteiger partial charge on any atom is 0.00816 e. The van der Waals surface area contributed by atoms with Gasteiger partial charge in [0.2, 0.25) is 0 Å². The lowest BCUT2D eigenvalue weighted by Gasteiger charge is -2.27. The summed E-state index contributed by atoms with van der Waals surface area (Å²) in [5.41, 5.74) is 7.11. The zero-order valence-corrected chi connectivity index (χ0v) is 8.16. The Bertz CT molecular complexity index is 266. The first-order chi connectivity index (χ1) is 6.23. The Balaban J connectivity index is 2.95. The summed E-state index contributed by atoms with van der Waals surface area (Å²) in [6, 6.07) is 10.4. The van der Waals surface area contributed by atoms with Crippen molar-refractivity contribution in [3.8, 4) is 0 Å². The molecule has 0 radical (unpaired) electrons. The molecule has 1 nitrogen and oxygen atoms in total. The minimum Gasteiger partial charge on any atom is -0.330 e. The number of hydrogen-bond acceptors (Lipinski definition) is 1. The smallest absolute Gasteiger partial charge is 0.00816 e. The molecule has 1 heteroatoms. The maximum atomic E-state index is 5.78. The molecular formula is C12H17N. The second-order valence-corrected chi connectivity index (χ2v) is 3.62. The lowest BCUT2D eigenvalue weighted by molar-refractivity contribution is 0.491. The van der Waals surface area contributed by atoms with E-state index in [0.29, 0.717) is 6.54 Å². The van der Waals surface area contributed by atoms with Crippen molar-refractivity contribution >= 4 is 0 Å². The summed E-state index contributed by atoms with van der Waals surface area (Å²) in [4.78, 5) is 0. The lowest BCUT2D eigenvalue weighted by atomic mass is 9.80. The Labute approximate surface area is 80.3 Å². The van der Waals surface area contributed by atoms with Gasteiger partial charge in [0.15, 0.2) is 0 Å². The minimum atomic E-state index is 0.0447. The predicted molar refractivity (Wildman–Crippen MR) is 57.7 cm³/mol. The third kappa shape index (κ3) is 2.19. The van der Waals surface area contributed by atoms with Gasteiger partial charge in [0, 0.05) is 12.0 Å². The van der Waals surface area contributed by atoms with Gasteiger partial charge in [-0.15, -0.1) is 6.58 Å². The SMILES string of the molecule is C=CC[C@@](C)(CN)c1ccccc1.